The number of rotatable bonds is 5. The van der Waals surface area contributed by atoms with E-state index in [-0.39, 0.29) is 16.5 Å². The summed E-state index contributed by atoms with van der Waals surface area (Å²) in [4.78, 5) is 24.1. The van der Waals surface area contributed by atoms with Gasteiger partial charge in [0.15, 0.2) is 0 Å². The van der Waals surface area contributed by atoms with E-state index in [1.54, 1.807) is 11.4 Å². The molecule has 2 rings (SSSR count). The van der Waals surface area contributed by atoms with E-state index in [1.165, 1.54) is 11.8 Å². The number of hydrogen-bond acceptors (Lipinski definition) is 4. The SMILES string of the molecule is Cc1ccc(C)c(SCC(=O)Nc2ccsc2C(=O)O)c1. The van der Waals surface area contributed by atoms with Crippen molar-refractivity contribution in [2.24, 2.45) is 0 Å². The Morgan fingerprint density at radius 3 is 2.76 bits per heavy atom. The summed E-state index contributed by atoms with van der Waals surface area (Å²) in [6, 6.07) is 7.70. The minimum absolute atomic E-state index is 0.153. The Kier molecular flexibility index (Phi) is 5.03. The van der Waals surface area contributed by atoms with E-state index in [2.05, 4.69) is 5.32 Å². The quantitative estimate of drug-likeness (QED) is 0.822. The van der Waals surface area contributed by atoms with Gasteiger partial charge < -0.3 is 10.4 Å². The Bertz CT molecular complexity index is 679. The van der Waals surface area contributed by atoms with E-state index in [1.807, 2.05) is 32.0 Å². The molecule has 0 bridgehead atoms. The van der Waals surface area contributed by atoms with E-state index >= 15 is 0 Å². The molecule has 2 N–H and O–H groups in total. The first-order valence-electron chi connectivity index (χ1n) is 6.28. The van der Waals surface area contributed by atoms with Crippen LogP contribution in [0.5, 0.6) is 0 Å². The average Bonchev–Trinajstić information content (AvgIpc) is 2.88. The molecule has 0 saturated carbocycles. The largest absolute Gasteiger partial charge is 0.477 e. The minimum Gasteiger partial charge on any atom is -0.477 e. The van der Waals surface area contributed by atoms with Gasteiger partial charge in [-0.3, -0.25) is 4.79 Å². The van der Waals surface area contributed by atoms with Crippen LogP contribution in [0.15, 0.2) is 34.5 Å². The number of aryl methyl sites for hydroxylation is 2. The monoisotopic (exact) mass is 321 g/mol. The van der Waals surface area contributed by atoms with Crippen molar-refractivity contribution in [3.8, 4) is 0 Å². The van der Waals surface area contributed by atoms with Crippen molar-refractivity contribution in [2.75, 3.05) is 11.1 Å². The van der Waals surface area contributed by atoms with Gasteiger partial charge >= 0.3 is 5.97 Å². The molecule has 1 aromatic heterocycles. The molecule has 0 radical (unpaired) electrons. The number of carboxylic acids is 1. The Hall–Kier alpha value is -1.79. The standard InChI is InChI=1S/C15H15NO3S2/c1-9-3-4-10(2)12(7-9)21-8-13(17)16-11-5-6-20-14(11)15(18)19/h3-7H,8H2,1-2H3,(H,16,17)(H,18,19). The lowest BCUT2D eigenvalue weighted by Gasteiger charge is -2.07. The predicted molar refractivity (Wildman–Crippen MR) is 86.5 cm³/mol. The van der Waals surface area contributed by atoms with Crippen molar-refractivity contribution >= 4 is 40.7 Å². The third-order valence-corrected chi connectivity index (χ3v) is 4.90. The number of thioether (sulfide) groups is 1. The molecule has 1 heterocycles. The highest BCUT2D eigenvalue weighted by atomic mass is 32.2. The topological polar surface area (TPSA) is 66.4 Å². The molecule has 0 unspecified atom stereocenters. The summed E-state index contributed by atoms with van der Waals surface area (Å²) in [7, 11) is 0. The molecular weight excluding hydrogens is 306 g/mol. The molecular formula is C15H15NO3S2. The lowest BCUT2D eigenvalue weighted by molar-refractivity contribution is -0.113. The third kappa shape index (κ3) is 4.09. The number of anilines is 1. The zero-order chi connectivity index (χ0) is 15.4. The Balaban J connectivity index is 1.98. The molecule has 6 heteroatoms. The van der Waals surface area contributed by atoms with Crippen molar-refractivity contribution in [3.05, 3.63) is 45.6 Å². The molecule has 1 amide bonds. The van der Waals surface area contributed by atoms with Crippen molar-refractivity contribution in [2.45, 2.75) is 18.7 Å². The fraction of sp³-hybridized carbons (Fsp3) is 0.200. The molecule has 0 spiro atoms. The zero-order valence-electron chi connectivity index (χ0n) is 11.7. The van der Waals surface area contributed by atoms with Gasteiger partial charge in [-0.15, -0.1) is 23.1 Å². The first kappa shape index (κ1) is 15.6. The summed E-state index contributed by atoms with van der Waals surface area (Å²) in [5.41, 5.74) is 2.63. The maximum absolute atomic E-state index is 11.9. The van der Waals surface area contributed by atoms with Crippen LogP contribution < -0.4 is 5.32 Å². The van der Waals surface area contributed by atoms with Crippen LogP contribution in [0, 0.1) is 13.8 Å². The van der Waals surface area contributed by atoms with Crippen LogP contribution in [-0.4, -0.2) is 22.7 Å². The highest BCUT2D eigenvalue weighted by molar-refractivity contribution is 8.00. The van der Waals surface area contributed by atoms with Gasteiger partial charge in [-0.05, 0) is 36.9 Å². The van der Waals surface area contributed by atoms with Gasteiger partial charge in [0, 0.05) is 4.90 Å². The van der Waals surface area contributed by atoms with Gasteiger partial charge in [0.05, 0.1) is 11.4 Å². The molecule has 1 aromatic carbocycles. The second kappa shape index (κ2) is 6.78. The number of amides is 1. The lowest BCUT2D eigenvalue weighted by atomic mass is 10.2. The van der Waals surface area contributed by atoms with Crippen LogP contribution in [0.2, 0.25) is 0 Å². The summed E-state index contributed by atoms with van der Waals surface area (Å²) in [5.74, 6) is -0.983. The number of carbonyl (C=O) groups excluding carboxylic acids is 1. The van der Waals surface area contributed by atoms with Crippen molar-refractivity contribution in [1.82, 2.24) is 0 Å². The third-order valence-electron chi connectivity index (χ3n) is 2.84. The molecule has 0 aliphatic heterocycles. The van der Waals surface area contributed by atoms with E-state index in [4.69, 9.17) is 5.11 Å². The molecule has 0 aliphatic carbocycles. The fourth-order valence-electron chi connectivity index (χ4n) is 1.77. The lowest BCUT2D eigenvalue weighted by Crippen LogP contribution is -2.15. The second-order valence-electron chi connectivity index (χ2n) is 4.57. The summed E-state index contributed by atoms with van der Waals surface area (Å²) >= 11 is 2.55. The number of thiophene rings is 1. The van der Waals surface area contributed by atoms with Crippen LogP contribution in [-0.2, 0) is 4.79 Å². The van der Waals surface area contributed by atoms with Crippen LogP contribution in [0.4, 0.5) is 5.69 Å². The maximum atomic E-state index is 11.9. The van der Waals surface area contributed by atoms with Crippen molar-refractivity contribution in [3.63, 3.8) is 0 Å². The molecule has 110 valence electrons. The highest BCUT2D eigenvalue weighted by Gasteiger charge is 2.14. The molecule has 4 nitrogen and oxygen atoms in total. The van der Waals surface area contributed by atoms with Crippen molar-refractivity contribution in [1.29, 1.82) is 0 Å². The molecule has 2 aromatic rings. The summed E-state index contributed by atoms with van der Waals surface area (Å²) in [6.07, 6.45) is 0. The Labute approximate surface area is 131 Å². The zero-order valence-corrected chi connectivity index (χ0v) is 13.3. The molecule has 21 heavy (non-hydrogen) atoms. The predicted octanol–water partition coefficient (Wildman–Crippen LogP) is 3.79. The van der Waals surface area contributed by atoms with Gasteiger partial charge in [-0.25, -0.2) is 4.79 Å². The van der Waals surface area contributed by atoms with Gasteiger partial charge in [0.1, 0.15) is 4.88 Å². The van der Waals surface area contributed by atoms with E-state index in [9.17, 15) is 9.59 Å². The fourth-order valence-corrected chi connectivity index (χ4v) is 3.38. The van der Waals surface area contributed by atoms with E-state index in [0.717, 1.165) is 27.4 Å². The van der Waals surface area contributed by atoms with E-state index in [0.29, 0.717) is 5.69 Å². The summed E-state index contributed by atoms with van der Waals surface area (Å²) in [6.45, 7) is 4.01. The summed E-state index contributed by atoms with van der Waals surface area (Å²) < 4.78 is 0. The number of benzene rings is 1. The number of carbonyl (C=O) groups is 2. The molecule has 0 fully saturated rings. The normalized spacial score (nSPS) is 10.4. The Morgan fingerprint density at radius 1 is 1.29 bits per heavy atom. The van der Waals surface area contributed by atoms with Crippen LogP contribution in [0.1, 0.15) is 20.8 Å². The molecule has 0 aliphatic rings. The smallest absolute Gasteiger partial charge is 0.348 e. The molecule has 0 atom stereocenters. The average molecular weight is 321 g/mol. The number of aromatic carboxylic acids is 1. The maximum Gasteiger partial charge on any atom is 0.348 e. The van der Waals surface area contributed by atoms with Gasteiger partial charge in [-0.1, -0.05) is 17.7 Å². The first-order valence-corrected chi connectivity index (χ1v) is 8.14. The van der Waals surface area contributed by atoms with Gasteiger partial charge in [0.25, 0.3) is 0 Å². The second-order valence-corrected chi connectivity index (χ2v) is 6.51. The van der Waals surface area contributed by atoms with Gasteiger partial charge in [-0.2, -0.15) is 0 Å². The van der Waals surface area contributed by atoms with Crippen molar-refractivity contribution < 1.29 is 14.7 Å². The number of carboxylic acid groups (broad SMARTS) is 1. The minimum atomic E-state index is -1.03. The number of nitrogens with one attached hydrogen (secondary N) is 1. The first-order chi connectivity index (χ1) is 9.97. The van der Waals surface area contributed by atoms with E-state index < -0.39 is 5.97 Å². The summed E-state index contributed by atoms with van der Waals surface area (Å²) in [5, 5.41) is 13.3. The van der Waals surface area contributed by atoms with Crippen LogP contribution in [0.3, 0.4) is 0 Å². The Morgan fingerprint density at radius 2 is 2.05 bits per heavy atom. The molecule has 0 saturated heterocycles. The van der Waals surface area contributed by atoms with Crippen LogP contribution >= 0.6 is 23.1 Å². The highest BCUT2D eigenvalue weighted by Crippen LogP contribution is 2.25. The van der Waals surface area contributed by atoms with Gasteiger partial charge in [0.2, 0.25) is 5.91 Å². The van der Waals surface area contributed by atoms with Crippen LogP contribution in [0.25, 0.3) is 0 Å². The number of hydrogen-bond donors (Lipinski definition) is 2.